The maximum atomic E-state index is 14.0. The first-order chi connectivity index (χ1) is 21.0. The lowest BCUT2D eigenvalue weighted by Gasteiger charge is -2.30. The number of aliphatic hydroxyl groups excluding tert-OH is 1. The number of methoxy groups -OCH3 is 1. The number of fused-ring (bicyclic) bond motifs is 1. The number of rotatable bonds is 11. The predicted molar refractivity (Wildman–Crippen MR) is 160 cm³/mol. The lowest BCUT2D eigenvalue weighted by atomic mass is 9.94. The second-order valence-electron chi connectivity index (χ2n) is 10.6. The molecule has 1 fully saturated rings. The van der Waals surface area contributed by atoms with Crippen LogP contribution in [0.25, 0.3) is 11.0 Å². The Hall–Kier alpha value is -4.60. The molecule has 0 saturated carbocycles. The van der Waals surface area contributed by atoms with Crippen molar-refractivity contribution in [3.8, 4) is 11.5 Å². The largest absolute Gasteiger partial charge is 0.503 e. The van der Waals surface area contributed by atoms with Crippen LogP contribution in [0.5, 0.6) is 11.5 Å². The van der Waals surface area contributed by atoms with E-state index >= 15 is 0 Å². The van der Waals surface area contributed by atoms with Crippen molar-refractivity contribution in [1.29, 1.82) is 0 Å². The van der Waals surface area contributed by atoms with Crippen LogP contribution < -0.4 is 9.47 Å². The number of aliphatic hydroxyl groups is 1. The third-order valence-electron chi connectivity index (χ3n) is 7.90. The quantitative estimate of drug-likeness (QED) is 0.237. The van der Waals surface area contributed by atoms with E-state index in [-0.39, 0.29) is 11.3 Å². The number of benzene rings is 3. The van der Waals surface area contributed by atoms with Gasteiger partial charge in [0.2, 0.25) is 5.78 Å². The molecule has 0 bridgehead atoms. The Morgan fingerprint density at radius 3 is 2.56 bits per heavy atom. The number of amides is 1. The summed E-state index contributed by atoms with van der Waals surface area (Å²) in [6.45, 7) is 4.53. The zero-order valence-electron chi connectivity index (χ0n) is 24.0. The first-order valence-corrected chi connectivity index (χ1v) is 14.5. The van der Waals surface area contributed by atoms with E-state index in [0.29, 0.717) is 60.8 Å². The standard InChI is InChI=1S/C34H34N2O7/c1-40-27-13-6-11-25-21-28(43-33(25)27)31(37)29-30(24-10-5-12-26(20-24)42-22-23-8-3-2-4-9-23)36(34(39)32(29)38)15-7-14-35-16-18-41-19-17-35/h2-6,8-13,20-21,30,38H,7,14-19,22H2,1H3. The molecule has 0 aliphatic carbocycles. The van der Waals surface area contributed by atoms with E-state index in [0.717, 1.165) is 25.2 Å². The van der Waals surface area contributed by atoms with E-state index in [1.165, 1.54) is 7.11 Å². The van der Waals surface area contributed by atoms with Gasteiger partial charge < -0.3 is 28.6 Å². The van der Waals surface area contributed by atoms with Crippen LogP contribution in [0.2, 0.25) is 0 Å². The molecule has 1 amide bonds. The van der Waals surface area contributed by atoms with Crippen LogP contribution in [0.15, 0.2) is 94.6 Å². The second-order valence-corrected chi connectivity index (χ2v) is 10.6. The van der Waals surface area contributed by atoms with E-state index < -0.39 is 23.5 Å². The van der Waals surface area contributed by atoms with E-state index in [1.54, 1.807) is 23.1 Å². The molecule has 2 aliphatic heterocycles. The van der Waals surface area contributed by atoms with E-state index in [9.17, 15) is 14.7 Å². The van der Waals surface area contributed by atoms with Gasteiger partial charge in [0, 0.05) is 31.6 Å². The van der Waals surface area contributed by atoms with Gasteiger partial charge in [-0.05, 0) is 41.8 Å². The van der Waals surface area contributed by atoms with Crippen molar-refractivity contribution in [3.63, 3.8) is 0 Å². The molecule has 43 heavy (non-hydrogen) atoms. The van der Waals surface area contributed by atoms with Crippen molar-refractivity contribution in [2.45, 2.75) is 19.1 Å². The number of hydrogen-bond acceptors (Lipinski definition) is 8. The Morgan fingerprint density at radius 1 is 0.977 bits per heavy atom. The summed E-state index contributed by atoms with van der Waals surface area (Å²) in [5, 5.41) is 11.9. The Bertz CT molecular complexity index is 1640. The van der Waals surface area contributed by atoms with E-state index in [2.05, 4.69) is 4.90 Å². The van der Waals surface area contributed by atoms with Crippen molar-refractivity contribution >= 4 is 22.7 Å². The number of carbonyl (C=O) groups excluding carboxylic acids is 2. The van der Waals surface area contributed by atoms with Crippen molar-refractivity contribution in [2.75, 3.05) is 46.5 Å². The van der Waals surface area contributed by atoms with Crippen molar-refractivity contribution in [3.05, 3.63) is 107 Å². The van der Waals surface area contributed by atoms with Crippen molar-refractivity contribution in [1.82, 2.24) is 9.80 Å². The van der Waals surface area contributed by atoms with Crippen molar-refractivity contribution in [2.24, 2.45) is 0 Å². The Kier molecular flexibility index (Phi) is 8.44. The molecule has 1 N–H and O–H groups in total. The minimum absolute atomic E-state index is 0.0189. The summed E-state index contributed by atoms with van der Waals surface area (Å²) in [5.41, 5.74) is 2.08. The van der Waals surface area contributed by atoms with Gasteiger partial charge in [-0.15, -0.1) is 0 Å². The molecular weight excluding hydrogens is 548 g/mol. The zero-order chi connectivity index (χ0) is 29.8. The molecule has 1 unspecified atom stereocenters. The number of para-hydroxylation sites is 1. The van der Waals surface area contributed by atoms with Gasteiger partial charge in [0.1, 0.15) is 12.4 Å². The lowest BCUT2D eigenvalue weighted by Crippen LogP contribution is -2.39. The van der Waals surface area contributed by atoms with Gasteiger partial charge in [-0.2, -0.15) is 0 Å². The first-order valence-electron chi connectivity index (χ1n) is 14.5. The predicted octanol–water partition coefficient (Wildman–Crippen LogP) is 5.32. The van der Waals surface area contributed by atoms with Gasteiger partial charge in [-0.1, -0.05) is 54.6 Å². The summed E-state index contributed by atoms with van der Waals surface area (Å²) in [7, 11) is 1.53. The maximum Gasteiger partial charge on any atom is 0.290 e. The summed E-state index contributed by atoms with van der Waals surface area (Å²) < 4.78 is 22.9. The summed E-state index contributed by atoms with van der Waals surface area (Å²) in [6.07, 6.45) is 0.670. The monoisotopic (exact) mass is 582 g/mol. The van der Waals surface area contributed by atoms with Gasteiger partial charge in [-0.3, -0.25) is 14.5 Å². The smallest absolute Gasteiger partial charge is 0.290 e. The van der Waals surface area contributed by atoms with E-state index in [4.69, 9.17) is 18.6 Å². The number of carbonyl (C=O) groups is 2. The first kappa shape index (κ1) is 28.5. The Balaban J connectivity index is 1.31. The highest BCUT2D eigenvalue weighted by molar-refractivity contribution is 6.16. The molecule has 1 atom stereocenters. The number of morpholine rings is 1. The van der Waals surface area contributed by atoms with Crippen LogP contribution in [0.1, 0.15) is 34.1 Å². The molecular formula is C34H34N2O7. The molecule has 9 nitrogen and oxygen atoms in total. The highest BCUT2D eigenvalue weighted by atomic mass is 16.5. The molecule has 4 aromatic rings. The maximum absolute atomic E-state index is 14.0. The number of Topliss-reactive ketones (excluding diaryl/α,β-unsaturated/α-hetero) is 1. The minimum Gasteiger partial charge on any atom is -0.503 e. The fraction of sp³-hybridized carbons (Fsp3) is 0.294. The summed E-state index contributed by atoms with van der Waals surface area (Å²) >= 11 is 0. The molecule has 9 heteroatoms. The average Bonchev–Trinajstić information content (AvgIpc) is 3.60. The molecule has 1 saturated heterocycles. The molecule has 2 aliphatic rings. The van der Waals surface area contributed by atoms with Crippen LogP contribution in [0.3, 0.4) is 0 Å². The van der Waals surface area contributed by atoms with Gasteiger partial charge in [0.25, 0.3) is 5.91 Å². The van der Waals surface area contributed by atoms with Gasteiger partial charge in [0.15, 0.2) is 22.9 Å². The Morgan fingerprint density at radius 2 is 1.77 bits per heavy atom. The number of hydrogen-bond donors (Lipinski definition) is 1. The Labute approximate surface area is 249 Å². The van der Waals surface area contributed by atoms with Crippen LogP contribution in [-0.2, 0) is 16.1 Å². The molecule has 3 aromatic carbocycles. The fourth-order valence-corrected chi connectivity index (χ4v) is 5.71. The molecule has 222 valence electrons. The molecule has 3 heterocycles. The number of nitrogens with zero attached hydrogens (tertiary/aromatic N) is 2. The normalized spacial score (nSPS) is 17.6. The highest BCUT2D eigenvalue weighted by Gasteiger charge is 2.44. The third kappa shape index (κ3) is 6.00. The van der Waals surface area contributed by atoms with Crippen LogP contribution in [0, 0.1) is 0 Å². The van der Waals surface area contributed by atoms with Crippen LogP contribution in [-0.4, -0.2) is 73.1 Å². The highest BCUT2D eigenvalue weighted by Crippen LogP contribution is 2.41. The lowest BCUT2D eigenvalue weighted by molar-refractivity contribution is -0.129. The molecule has 0 radical (unpaired) electrons. The average molecular weight is 583 g/mol. The van der Waals surface area contributed by atoms with E-state index in [1.807, 2.05) is 60.7 Å². The van der Waals surface area contributed by atoms with Gasteiger partial charge in [0.05, 0.1) is 31.9 Å². The second kappa shape index (κ2) is 12.7. The third-order valence-corrected chi connectivity index (χ3v) is 7.90. The van der Waals surface area contributed by atoms with Gasteiger partial charge in [-0.25, -0.2) is 0 Å². The molecule has 0 spiro atoms. The van der Waals surface area contributed by atoms with Crippen LogP contribution >= 0.6 is 0 Å². The minimum atomic E-state index is -0.819. The number of ketones is 1. The topological polar surface area (TPSA) is 102 Å². The summed E-state index contributed by atoms with van der Waals surface area (Å²) in [6, 6.07) is 23.3. The van der Waals surface area contributed by atoms with Gasteiger partial charge >= 0.3 is 0 Å². The summed E-state index contributed by atoms with van der Waals surface area (Å²) in [5.74, 6) is -0.606. The number of furan rings is 1. The molecule has 1 aromatic heterocycles. The summed E-state index contributed by atoms with van der Waals surface area (Å²) in [4.78, 5) is 31.4. The van der Waals surface area contributed by atoms with Crippen LogP contribution in [0.4, 0.5) is 0 Å². The number of ether oxygens (including phenoxy) is 3. The molecule has 6 rings (SSSR count). The zero-order valence-corrected chi connectivity index (χ0v) is 24.0. The SMILES string of the molecule is COc1cccc2cc(C(=O)C3=C(O)C(=O)N(CCCN4CCOCC4)C3c3cccc(OCc4ccccc4)c3)oc12. The fourth-order valence-electron chi connectivity index (χ4n) is 5.71. The van der Waals surface area contributed by atoms with Crippen molar-refractivity contribution < 1.29 is 33.3 Å².